The van der Waals surface area contributed by atoms with Crippen molar-refractivity contribution in [3.63, 3.8) is 0 Å². The van der Waals surface area contributed by atoms with Crippen molar-refractivity contribution in [2.24, 2.45) is 0 Å². The maximum atomic E-state index is 12.5. The molecule has 0 saturated carbocycles. The van der Waals surface area contributed by atoms with Crippen LogP contribution < -0.4 is 10.5 Å². The highest BCUT2D eigenvalue weighted by Gasteiger charge is 2.26. The Balaban J connectivity index is 1.62. The third kappa shape index (κ3) is 3.45. The van der Waals surface area contributed by atoms with Crippen LogP contribution in [0.25, 0.3) is 0 Å². The number of pyridine rings is 1. The molecule has 0 unspecified atom stereocenters. The lowest BCUT2D eigenvalue weighted by molar-refractivity contribution is 0.0712. The van der Waals surface area contributed by atoms with Crippen molar-refractivity contribution in [3.05, 3.63) is 52.3 Å². The van der Waals surface area contributed by atoms with Gasteiger partial charge in [0.25, 0.3) is 5.91 Å². The molecule has 1 saturated heterocycles. The van der Waals surface area contributed by atoms with Crippen LogP contribution in [0.3, 0.4) is 0 Å². The summed E-state index contributed by atoms with van der Waals surface area (Å²) in [7, 11) is 2.03. The van der Waals surface area contributed by atoms with E-state index < -0.39 is 0 Å². The van der Waals surface area contributed by atoms with Crippen LogP contribution in [0.5, 0.6) is 0 Å². The standard InChI is InChI=1S/C17H21N5O2/c1-12-9-15(20-11-19-12)21(2)14-5-7-22(8-6-14)17(24)13-3-4-16(23)18-10-13/h3-4,9-11,14H,5-8H2,1-2H3,(H,18,23). The summed E-state index contributed by atoms with van der Waals surface area (Å²) in [5.74, 6) is 0.873. The zero-order valence-electron chi connectivity index (χ0n) is 13.9. The molecule has 1 N–H and O–H groups in total. The van der Waals surface area contributed by atoms with E-state index in [9.17, 15) is 9.59 Å². The first-order valence-corrected chi connectivity index (χ1v) is 8.04. The number of aryl methyl sites for hydroxylation is 1. The Morgan fingerprint density at radius 1 is 1.29 bits per heavy atom. The molecular weight excluding hydrogens is 306 g/mol. The fourth-order valence-corrected chi connectivity index (χ4v) is 3.00. The molecule has 0 aromatic carbocycles. The fraction of sp³-hybridized carbons (Fsp3) is 0.412. The minimum absolute atomic E-state index is 0.0368. The van der Waals surface area contributed by atoms with Gasteiger partial charge in [-0.05, 0) is 25.8 Å². The van der Waals surface area contributed by atoms with Gasteiger partial charge in [-0.25, -0.2) is 9.97 Å². The first kappa shape index (κ1) is 16.2. The first-order chi connectivity index (χ1) is 11.5. The molecule has 2 aromatic rings. The second kappa shape index (κ2) is 6.82. The van der Waals surface area contributed by atoms with Crippen molar-refractivity contribution in [3.8, 4) is 0 Å². The lowest BCUT2D eigenvalue weighted by Gasteiger charge is -2.37. The van der Waals surface area contributed by atoms with Crippen molar-refractivity contribution in [2.45, 2.75) is 25.8 Å². The number of likely N-dealkylation sites (tertiary alicyclic amines) is 1. The molecule has 0 radical (unpaired) electrons. The fourth-order valence-electron chi connectivity index (χ4n) is 3.00. The zero-order valence-corrected chi connectivity index (χ0v) is 13.9. The van der Waals surface area contributed by atoms with Crippen LogP contribution in [0.15, 0.2) is 35.5 Å². The Morgan fingerprint density at radius 3 is 2.67 bits per heavy atom. The molecule has 126 valence electrons. The number of carbonyl (C=O) groups is 1. The van der Waals surface area contributed by atoms with E-state index in [0.29, 0.717) is 24.7 Å². The summed E-state index contributed by atoms with van der Waals surface area (Å²) in [6, 6.07) is 5.27. The number of amides is 1. The number of carbonyl (C=O) groups excluding carboxylic acids is 1. The Bertz CT molecular complexity index is 760. The third-order valence-corrected chi connectivity index (χ3v) is 4.48. The zero-order chi connectivity index (χ0) is 17.1. The number of rotatable bonds is 3. The number of hydrogen-bond donors (Lipinski definition) is 1. The van der Waals surface area contributed by atoms with Crippen LogP contribution >= 0.6 is 0 Å². The lowest BCUT2D eigenvalue weighted by Crippen LogP contribution is -2.46. The average Bonchev–Trinajstić information content (AvgIpc) is 2.61. The van der Waals surface area contributed by atoms with Crippen LogP contribution in [0, 0.1) is 6.92 Å². The van der Waals surface area contributed by atoms with Crippen LogP contribution in [-0.2, 0) is 0 Å². The number of anilines is 1. The van der Waals surface area contributed by atoms with Crippen LogP contribution in [0.2, 0.25) is 0 Å². The van der Waals surface area contributed by atoms with Gasteiger partial charge in [0, 0.05) is 50.2 Å². The molecule has 2 aromatic heterocycles. The molecule has 3 heterocycles. The Kier molecular flexibility index (Phi) is 4.59. The SMILES string of the molecule is Cc1cc(N(C)C2CCN(C(=O)c3ccc(=O)[nH]c3)CC2)ncn1. The molecule has 3 rings (SSSR count). The van der Waals surface area contributed by atoms with Gasteiger partial charge in [-0.2, -0.15) is 0 Å². The summed E-state index contributed by atoms with van der Waals surface area (Å²) >= 11 is 0. The van der Waals surface area contributed by atoms with Crippen molar-refractivity contribution in [2.75, 3.05) is 25.0 Å². The number of piperidine rings is 1. The van der Waals surface area contributed by atoms with Gasteiger partial charge in [-0.15, -0.1) is 0 Å². The van der Waals surface area contributed by atoms with Gasteiger partial charge in [0.15, 0.2) is 0 Å². The van der Waals surface area contributed by atoms with Gasteiger partial charge < -0.3 is 14.8 Å². The second-order valence-corrected chi connectivity index (χ2v) is 6.09. The monoisotopic (exact) mass is 327 g/mol. The van der Waals surface area contributed by atoms with Crippen LogP contribution in [0.1, 0.15) is 28.9 Å². The molecule has 1 fully saturated rings. The molecule has 24 heavy (non-hydrogen) atoms. The Morgan fingerprint density at radius 2 is 2.04 bits per heavy atom. The predicted octanol–water partition coefficient (Wildman–Crippen LogP) is 1.21. The summed E-state index contributed by atoms with van der Waals surface area (Å²) in [5, 5.41) is 0. The number of aromatic nitrogens is 3. The molecule has 0 spiro atoms. The van der Waals surface area contributed by atoms with E-state index in [1.807, 2.05) is 24.9 Å². The molecule has 1 aliphatic heterocycles. The maximum absolute atomic E-state index is 12.5. The van der Waals surface area contributed by atoms with Crippen molar-refractivity contribution in [1.29, 1.82) is 0 Å². The van der Waals surface area contributed by atoms with Gasteiger partial charge in [0.1, 0.15) is 12.1 Å². The Hall–Kier alpha value is -2.70. The predicted molar refractivity (Wildman–Crippen MR) is 91.2 cm³/mol. The molecule has 1 amide bonds. The van der Waals surface area contributed by atoms with Gasteiger partial charge in [-0.3, -0.25) is 9.59 Å². The van der Waals surface area contributed by atoms with E-state index in [-0.39, 0.29) is 11.5 Å². The average molecular weight is 327 g/mol. The minimum Gasteiger partial charge on any atom is -0.356 e. The normalized spacial score (nSPS) is 15.3. The van der Waals surface area contributed by atoms with Crippen molar-refractivity contribution >= 4 is 11.7 Å². The van der Waals surface area contributed by atoms with E-state index in [1.54, 1.807) is 12.4 Å². The number of hydrogen-bond acceptors (Lipinski definition) is 5. The molecule has 0 atom stereocenters. The van der Waals surface area contributed by atoms with Gasteiger partial charge in [0.05, 0.1) is 5.56 Å². The van der Waals surface area contributed by atoms with Gasteiger partial charge in [-0.1, -0.05) is 0 Å². The van der Waals surface area contributed by atoms with E-state index in [2.05, 4.69) is 19.9 Å². The lowest BCUT2D eigenvalue weighted by atomic mass is 10.0. The summed E-state index contributed by atoms with van der Waals surface area (Å²) in [5.41, 5.74) is 1.26. The topological polar surface area (TPSA) is 82.2 Å². The molecule has 0 aliphatic carbocycles. The van der Waals surface area contributed by atoms with Crippen LogP contribution in [0.4, 0.5) is 5.82 Å². The minimum atomic E-state index is -0.202. The molecular formula is C17H21N5O2. The molecule has 0 bridgehead atoms. The smallest absolute Gasteiger partial charge is 0.255 e. The van der Waals surface area contributed by atoms with Gasteiger partial charge in [0.2, 0.25) is 5.56 Å². The Labute approximate surface area is 140 Å². The maximum Gasteiger partial charge on any atom is 0.255 e. The highest BCUT2D eigenvalue weighted by Crippen LogP contribution is 2.21. The molecule has 7 nitrogen and oxygen atoms in total. The van der Waals surface area contributed by atoms with Gasteiger partial charge >= 0.3 is 0 Å². The number of aromatic amines is 1. The quantitative estimate of drug-likeness (QED) is 0.916. The highest BCUT2D eigenvalue weighted by atomic mass is 16.2. The molecule has 7 heteroatoms. The summed E-state index contributed by atoms with van der Waals surface area (Å²) in [4.78, 5) is 38.6. The van der Waals surface area contributed by atoms with Crippen molar-refractivity contribution in [1.82, 2.24) is 19.9 Å². The summed E-state index contributed by atoms with van der Waals surface area (Å²) < 4.78 is 0. The third-order valence-electron chi connectivity index (χ3n) is 4.48. The van der Waals surface area contributed by atoms with Crippen LogP contribution in [-0.4, -0.2) is 51.9 Å². The first-order valence-electron chi connectivity index (χ1n) is 8.04. The highest BCUT2D eigenvalue weighted by molar-refractivity contribution is 5.93. The second-order valence-electron chi connectivity index (χ2n) is 6.09. The van der Waals surface area contributed by atoms with Crippen molar-refractivity contribution < 1.29 is 4.79 Å². The van der Waals surface area contributed by atoms with E-state index in [0.717, 1.165) is 24.4 Å². The number of nitrogens with one attached hydrogen (secondary N) is 1. The number of nitrogens with zero attached hydrogens (tertiary/aromatic N) is 4. The summed E-state index contributed by atoms with van der Waals surface area (Å²) in [6.45, 7) is 3.33. The summed E-state index contributed by atoms with van der Waals surface area (Å²) in [6.07, 6.45) is 4.83. The number of H-pyrrole nitrogens is 1. The van der Waals surface area contributed by atoms with E-state index in [4.69, 9.17) is 0 Å². The van der Waals surface area contributed by atoms with E-state index in [1.165, 1.54) is 12.3 Å². The van der Waals surface area contributed by atoms with E-state index >= 15 is 0 Å². The molecule has 1 aliphatic rings. The largest absolute Gasteiger partial charge is 0.356 e.